The first-order valence-electron chi connectivity index (χ1n) is 7.31. The van der Waals surface area contributed by atoms with Crippen LogP contribution >= 0.6 is 0 Å². The van der Waals surface area contributed by atoms with E-state index in [0.717, 1.165) is 38.9 Å². The third kappa shape index (κ3) is 9.79. The predicted octanol–water partition coefficient (Wildman–Crippen LogP) is 1.05. The van der Waals surface area contributed by atoms with Crippen molar-refractivity contribution in [3.63, 3.8) is 0 Å². The van der Waals surface area contributed by atoms with E-state index in [9.17, 15) is 0 Å². The molecule has 0 aromatic heterocycles. The summed E-state index contributed by atoms with van der Waals surface area (Å²) in [5.74, 6) is 0. The average molecular weight is 259 g/mol. The van der Waals surface area contributed by atoms with Crippen molar-refractivity contribution in [3.8, 4) is 0 Å². The summed E-state index contributed by atoms with van der Waals surface area (Å²) in [6, 6.07) is 0.461. The largest absolute Gasteiger partial charge is 0.305 e. The van der Waals surface area contributed by atoms with Crippen LogP contribution in [-0.2, 0) is 0 Å². The lowest BCUT2D eigenvalue weighted by Gasteiger charge is -2.27. The minimum absolute atomic E-state index is 0.419. The van der Waals surface area contributed by atoms with Crippen LogP contribution in [0.4, 0.5) is 0 Å². The van der Waals surface area contributed by atoms with Crippen LogP contribution in [0, 0.1) is 0 Å². The normalized spacial score (nSPS) is 13.5. The number of hydrogen-bond donors (Lipinski definition) is 4. The van der Waals surface area contributed by atoms with Crippen LogP contribution in [0.3, 0.4) is 0 Å². The topological polar surface area (TPSA) is 51.4 Å². The fourth-order valence-corrected chi connectivity index (χ4v) is 1.80. The van der Waals surface area contributed by atoms with Gasteiger partial charge in [0.05, 0.1) is 6.17 Å². The molecular weight excluding hydrogens is 226 g/mol. The number of nitrogens with zero attached hydrogens (tertiary/aromatic N) is 1. The highest BCUT2D eigenvalue weighted by Gasteiger charge is 2.07. The van der Waals surface area contributed by atoms with Crippen LogP contribution in [0.5, 0.6) is 0 Å². The fraction of sp³-hybridized carbons (Fsp3) is 1.00. The fourth-order valence-electron chi connectivity index (χ4n) is 1.80. The second-order valence-electron chi connectivity index (χ2n) is 4.88. The second-order valence-corrected chi connectivity index (χ2v) is 4.88. The zero-order valence-corrected chi connectivity index (χ0v) is 12.8. The van der Waals surface area contributed by atoms with Gasteiger partial charge in [0, 0.05) is 19.1 Å². The molecule has 110 valence electrons. The molecule has 18 heavy (non-hydrogen) atoms. The van der Waals surface area contributed by atoms with Crippen molar-refractivity contribution in [2.75, 3.05) is 26.7 Å². The number of nitrogens with one attached hydrogen (secondary N) is 4. The van der Waals surface area contributed by atoms with Gasteiger partial charge in [0.25, 0.3) is 0 Å². The maximum absolute atomic E-state index is 3.42. The van der Waals surface area contributed by atoms with Gasteiger partial charge in [-0.2, -0.15) is 5.12 Å². The number of rotatable bonds is 12. The molecule has 0 aromatic rings. The molecule has 0 rings (SSSR count). The second kappa shape index (κ2) is 11.9. The van der Waals surface area contributed by atoms with E-state index in [4.69, 9.17) is 0 Å². The molecule has 1 atom stereocenters. The lowest BCUT2D eigenvalue weighted by atomic mass is 10.2. The Bertz CT molecular complexity index is 175. The molecule has 0 fully saturated rings. The van der Waals surface area contributed by atoms with Crippen LogP contribution < -0.4 is 21.5 Å². The van der Waals surface area contributed by atoms with Gasteiger partial charge in [-0.25, -0.2) is 10.9 Å². The monoisotopic (exact) mass is 259 g/mol. The summed E-state index contributed by atoms with van der Waals surface area (Å²) in [6.45, 7) is 11.7. The Hall–Kier alpha value is -0.200. The first-order chi connectivity index (χ1) is 8.63. The Morgan fingerprint density at radius 3 is 2.39 bits per heavy atom. The minimum atomic E-state index is 0.419. The molecule has 1 unspecified atom stereocenters. The summed E-state index contributed by atoms with van der Waals surface area (Å²) in [6.07, 6.45) is 3.85. The summed E-state index contributed by atoms with van der Waals surface area (Å²) in [5.41, 5.74) is 6.83. The summed E-state index contributed by atoms with van der Waals surface area (Å²) < 4.78 is 0. The molecule has 5 heteroatoms. The lowest BCUT2D eigenvalue weighted by molar-refractivity contribution is 0.0938. The van der Waals surface area contributed by atoms with Crippen molar-refractivity contribution < 1.29 is 0 Å². The molecule has 0 heterocycles. The maximum Gasteiger partial charge on any atom is 0.0569 e. The van der Waals surface area contributed by atoms with E-state index >= 15 is 0 Å². The van der Waals surface area contributed by atoms with E-state index in [1.54, 1.807) is 0 Å². The molecule has 4 N–H and O–H groups in total. The van der Waals surface area contributed by atoms with Crippen LogP contribution in [0.2, 0.25) is 0 Å². The van der Waals surface area contributed by atoms with Crippen LogP contribution in [-0.4, -0.2) is 44.0 Å². The van der Waals surface area contributed by atoms with E-state index in [0.29, 0.717) is 12.2 Å². The average Bonchev–Trinajstić information content (AvgIpc) is 2.33. The highest BCUT2D eigenvalue weighted by molar-refractivity contribution is 4.62. The zero-order chi connectivity index (χ0) is 13.8. The molecule has 0 aromatic carbocycles. The Morgan fingerprint density at radius 1 is 1.17 bits per heavy atom. The summed E-state index contributed by atoms with van der Waals surface area (Å²) in [5, 5.41) is 8.84. The first kappa shape index (κ1) is 17.8. The Kier molecular flexibility index (Phi) is 11.7. The van der Waals surface area contributed by atoms with Gasteiger partial charge < -0.3 is 10.6 Å². The summed E-state index contributed by atoms with van der Waals surface area (Å²) >= 11 is 0. The molecule has 0 radical (unpaired) electrons. The van der Waals surface area contributed by atoms with Gasteiger partial charge in [-0.1, -0.05) is 13.8 Å². The van der Waals surface area contributed by atoms with Gasteiger partial charge in [0.1, 0.15) is 0 Å². The predicted molar refractivity (Wildman–Crippen MR) is 79.0 cm³/mol. The third-order valence-electron chi connectivity index (χ3n) is 2.64. The SMILES string of the molecule is CCCNN(CCCC(NC)NCC)NC(C)C. The number of hydrazine groups is 2. The lowest BCUT2D eigenvalue weighted by Crippen LogP contribution is -2.52. The molecule has 5 nitrogen and oxygen atoms in total. The molecule has 0 aliphatic rings. The van der Waals surface area contributed by atoms with Crippen LogP contribution in [0.25, 0.3) is 0 Å². The van der Waals surface area contributed by atoms with Crippen molar-refractivity contribution in [1.29, 1.82) is 0 Å². The molecular formula is C13H33N5. The van der Waals surface area contributed by atoms with Crippen molar-refractivity contribution in [3.05, 3.63) is 0 Å². The van der Waals surface area contributed by atoms with Crippen LogP contribution in [0.1, 0.15) is 47.0 Å². The Morgan fingerprint density at radius 2 is 1.89 bits per heavy atom. The maximum atomic E-state index is 3.42. The van der Waals surface area contributed by atoms with E-state index in [1.165, 1.54) is 0 Å². The Labute approximate surface area is 113 Å². The van der Waals surface area contributed by atoms with E-state index in [2.05, 4.69) is 54.3 Å². The molecule has 0 amide bonds. The van der Waals surface area contributed by atoms with E-state index < -0.39 is 0 Å². The molecule has 0 saturated carbocycles. The van der Waals surface area contributed by atoms with Crippen molar-refractivity contribution in [2.24, 2.45) is 0 Å². The van der Waals surface area contributed by atoms with Gasteiger partial charge >= 0.3 is 0 Å². The summed E-state index contributed by atoms with van der Waals surface area (Å²) in [4.78, 5) is 0. The highest BCUT2D eigenvalue weighted by atomic mass is 15.7. The zero-order valence-electron chi connectivity index (χ0n) is 12.8. The van der Waals surface area contributed by atoms with Crippen LogP contribution in [0.15, 0.2) is 0 Å². The third-order valence-corrected chi connectivity index (χ3v) is 2.64. The van der Waals surface area contributed by atoms with Crippen molar-refractivity contribution in [2.45, 2.75) is 59.2 Å². The standard InChI is InChI=1S/C13H33N5/c1-6-10-16-18(17-12(3)4)11-8-9-13(14-5)15-7-2/h12-17H,6-11H2,1-5H3. The van der Waals surface area contributed by atoms with Gasteiger partial charge in [-0.3, -0.25) is 0 Å². The van der Waals surface area contributed by atoms with E-state index in [1.807, 2.05) is 7.05 Å². The van der Waals surface area contributed by atoms with Gasteiger partial charge in [-0.05, 0) is 46.7 Å². The molecule has 0 bridgehead atoms. The highest BCUT2D eigenvalue weighted by Crippen LogP contribution is 1.96. The smallest absolute Gasteiger partial charge is 0.0569 e. The van der Waals surface area contributed by atoms with Gasteiger partial charge in [0.2, 0.25) is 0 Å². The van der Waals surface area contributed by atoms with Crippen molar-refractivity contribution in [1.82, 2.24) is 26.6 Å². The summed E-state index contributed by atoms with van der Waals surface area (Å²) in [7, 11) is 2.01. The Balaban J connectivity index is 3.85. The van der Waals surface area contributed by atoms with E-state index in [-0.39, 0.29) is 0 Å². The molecule has 0 saturated heterocycles. The molecule has 0 aliphatic carbocycles. The number of hydrogen-bond acceptors (Lipinski definition) is 5. The molecule has 0 spiro atoms. The minimum Gasteiger partial charge on any atom is -0.305 e. The quantitative estimate of drug-likeness (QED) is 0.312. The van der Waals surface area contributed by atoms with Gasteiger partial charge in [-0.15, -0.1) is 0 Å². The molecule has 0 aliphatic heterocycles. The first-order valence-corrected chi connectivity index (χ1v) is 7.31. The van der Waals surface area contributed by atoms with Crippen molar-refractivity contribution >= 4 is 0 Å². The van der Waals surface area contributed by atoms with Gasteiger partial charge in [0.15, 0.2) is 0 Å².